The van der Waals surface area contributed by atoms with E-state index in [2.05, 4.69) is 12.2 Å². The third kappa shape index (κ3) is 4.36. The fourth-order valence-electron chi connectivity index (χ4n) is 2.46. The van der Waals surface area contributed by atoms with Gasteiger partial charge >= 0.3 is 0 Å². The number of benzene rings is 1. The predicted octanol–water partition coefficient (Wildman–Crippen LogP) is 1.59. The fourth-order valence-corrected chi connectivity index (χ4v) is 2.46. The Balaban J connectivity index is 1.82. The van der Waals surface area contributed by atoms with E-state index in [-0.39, 0.29) is 5.91 Å². The number of amides is 1. The first-order valence-electron chi connectivity index (χ1n) is 7.38. The summed E-state index contributed by atoms with van der Waals surface area (Å²) in [5.74, 6) is 1.54. The lowest BCUT2D eigenvalue weighted by atomic mass is 10.2. The molecule has 1 unspecified atom stereocenters. The Kier molecular flexibility index (Phi) is 5.44. The smallest absolute Gasteiger partial charge is 0.226 e. The molecular formula is C16H24N2O3. The van der Waals surface area contributed by atoms with Crippen LogP contribution in [0.1, 0.15) is 18.9 Å². The van der Waals surface area contributed by atoms with Crippen LogP contribution in [0.3, 0.4) is 0 Å². The highest BCUT2D eigenvalue weighted by atomic mass is 16.5. The molecule has 1 amide bonds. The number of carbonyl (C=O) groups is 1. The van der Waals surface area contributed by atoms with Gasteiger partial charge in [0.05, 0.1) is 20.1 Å². The van der Waals surface area contributed by atoms with Crippen molar-refractivity contribution in [2.45, 2.75) is 26.3 Å². The van der Waals surface area contributed by atoms with Crippen LogP contribution < -0.4 is 14.8 Å². The summed E-state index contributed by atoms with van der Waals surface area (Å²) in [7, 11) is 1.62. The van der Waals surface area contributed by atoms with E-state index in [1.165, 1.54) is 0 Å². The zero-order chi connectivity index (χ0) is 15.2. The minimum atomic E-state index is 0.148. The molecule has 1 N–H and O–H groups in total. The Labute approximate surface area is 126 Å². The zero-order valence-electron chi connectivity index (χ0n) is 13.0. The van der Waals surface area contributed by atoms with Gasteiger partial charge in [-0.05, 0) is 31.5 Å². The average molecular weight is 292 g/mol. The van der Waals surface area contributed by atoms with Crippen LogP contribution >= 0.6 is 0 Å². The molecule has 21 heavy (non-hydrogen) atoms. The number of rotatable bonds is 5. The van der Waals surface area contributed by atoms with E-state index < -0.39 is 0 Å². The summed E-state index contributed by atoms with van der Waals surface area (Å²) < 4.78 is 11.0. The van der Waals surface area contributed by atoms with Crippen molar-refractivity contribution >= 4 is 5.91 Å². The molecule has 1 aliphatic heterocycles. The molecule has 1 aromatic carbocycles. The van der Waals surface area contributed by atoms with Gasteiger partial charge in [0, 0.05) is 25.7 Å². The topological polar surface area (TPSA) is 50.8 Å². The fraction of sp³-hybridized carbons (Fsp3) is 0.562. The van der Waals surface area contributed by atoms with Gasteiger partial charge in [0.15, 0.2) is 11.5 Å². The van der Waals surface area contributed by atoms with Gasteiger partial charge in [0.2, 0.25) is 5.91 Å². The van der Waals surface area contributed by atoms with Crippen LogP contribution in [-0.4, -0.2) is 50.2 Å². The third-order valence-electron chi connectivity index (χ3n) is 3.61. The van der Waals surface area contributed by atoms with Gasteiger partial charge in [-0.25, -0.2) is 0 Å². The van der Waals surface area contributed by atoms with Crippen LogP contribution in [-0.2, 0) is 4.79 Å². The second kappa shape index (κ2) is 7.31. The molecule has 0 saturated carbocycles. The number of ether oxygens (including phenoxy) is 2. The maximum absolute atomic E-state index is 12.1. The molecule has 2 rings (SSSR count). The summed E-state index contributed by atoms with van der Waals surface area (Å²) in [5, 5.41) is 3.33. The standard InChI is InChI=1S/C16H24N2O3/c1-12-4-5-14(15(10-12)20-3)21-9-6-16(19)18-8-7-17-13(2)11-18/h4-5,10,13,17H,6-9,11H2,1-3H3. The average Bonchev–Trinajstić information content (AvgIpc) is 2.48. The van der Waals surface area contributed by atoms with E-state index in [1.54, 1.807) is 7.11 Å². The Morgan fingerprint density at radius 3 is 2.95 bits per heavy atom. The predicted molar refractivity (Wildman–Crippen MR) is 81.9 cm³/mol. The highest BCUT2D eigenvalue weighted by Crippen LogP contribution is 2.27. The molecule has 1 aromatic rings. The molecule has 1 saturated heterocycles. The molecule has 0 aromatic heterocycles. The molecule has 5 heteroatoms. The van der Waals surface area contributed by atoms with Crippen LogP contribution in [0.15, 0.2) is 18.2 Å². The van der Waals surface area contributed by atoms with Crippen LogP contribution in [0.25, 0.3) is 0 Å². The number of hydrogen-bond donors (Lipinski definition) is 1. The molecule has 116 valence electrons. The molecule has 1 heterocycles. The highest BCUT2D eigenvalue weighted by molar-refractivity contribution is 5.76. The zero-order valence-corrected chi connectivity index (χ0v) is 13.0. The third-order valence-corrected chi connectivity index (χ3v) is 3.61. The lowest BCUT2D eigenvalue weighted by Crippen LogP contribution is -2.51. The van der Waals surface area contributed by atoms with Crippen molar-refractivity contribution in [3.63, 3.8) is 0 Å². The number of aryl methyl sites for hydroxylation is 1. The maximum atomic E-state index is 12.1. The second-order valence-electron chi connectivity index (χ2n) is 5.45. The molecule has 0 radical (unpaired) electrons. The molecule has 0 aliphatic carbocycles. The summed E-state index contributed by atoms with van der Waals surface area (Å²) in [4.78, 5) is 14.0. The summed E-state index contributed by atoms with van der Waals surface area (Å²) in [6.07, 6.45) is 0.393. The van der Waals surface area contributed by atoms with E-state index in [1.807, 2.05) is 30.0 Å². The van der Waals surface area contributed by atoms with Gasteiger partial charge in [0.25, 0.3) is 0 Å². The summed E-state index contributed by atoms with van der Waals surface area (Å²) in [5.41, 5.74) is 1.12. The number of nitrogens with one attached hydrogen (secondary N) is 1. The molecule has 1 fully saturated rings. The summed E-state index contributed by atoms with van der Waals surface area (Å²) in [6.45, 7) is 6.87. The Morgan fingerprint density at radius 1 is 1.43 bits per heavy atom. The van der Waals surface area contributed by atoms with Crippen molar-refractivity contribution in [3.05, 3.63) is 23.8 Å². The molecule has 0 spiro atoms. The molecule has 0 bridgehead atoms. The van der Waals surface area contributed by atoms with Crippen molar-refractivity contribution in [2.24, 2.45) is 0 Å². The number of methoxy groups -OCH3 is 1. The molecule has 1 atom stereocenters. The van der Waals surface area contributed by atoms with Gasteiger partial charge < -0.3 is 19.7 Å². The van der Waals surface area contributed by atoms with Gasteiger partial charge in [-0.3, -0.25) is 4.79 Å². The van der Waals surface area contributed by atoms with Gasteiger partial charge in [-0.1, -0.05) is 6.07 Å². The van der Waals surface area contributed by atoms with E-state index in [0.717, 1.165) is 25.2 Å². The number of nitrogens with zero attached hydrogens (tertiary/aromatic N) is 1. The first-order valence-corrected chi connectivity index (χ1v) is 7.38. The lowest BCUT2D eigenvalue weighted by molar-refractivity contribution is -0.132. The first kappa shape index (κ1) is 15.6. The van der Waals surface area contributed by atoms with Crippen LogP contribution in [0.4, 0.5) is 0 Å². The monoisotopic (exact) mass is 292 g/mol. The SMILES string of the molecule is COc1cc(C)ccc1OCCC(=O)N1CCNC(C)C1. The van der Waals surface area contributed by atoms with E-state index in [4.69, 9.17) is 9.47 Å². The summed E-state index contributed by atoms with van der Waals surface area (Å²) in [6, 6.07) is 6.14. The van der Waals surface area contributed by atoms with Crippen LogP contribution in [0.5, 0.6) is 11.5 Å². The minimum Gasteiger partial charge on any atom is -0.493 e. The Morgan fingerprint density at radius 2 is 2.24 bits per heavy atom. The molecular weight excluding hydrogens is 268 g/mol. The normalized spacial score (nSPS) is 18.4. The van der Waals surface area contributed by atoms with Crippen molar-refractivity contribution < 1.29 is 14.3 Å². The van der Waals surface area contributed by atoms with Crippen LogP contribution in [0.2, 0.25) is 0 Å². The van der Waals surface area contributed by atoms with Crippen LogP contribution in [0, 0.1) is 6.92 Å². The Hall–Kier alpha value is -1.75. The van der Waals surface area contributed by atoms with Crippen molar-refractivity contribution in [1.29, 1.82) is 0 Å². The van der Waals surface area contributed by atoms with E-state index >= 15 is 0 Å². The van der Waals surface area contributed by atoms with Crippen molar-refractivity contribution in [3.8, 4) is 11.5 Å². The molecule has 1 aliphatic rings. The lowest BCUT2D eigenvalue weighted by Gasteiger charge is -2.32. The molecule has 5 nitrogen and oxygen atoms in total. The first-order chi connectivity index (χ1) is 10.1. The highest BCUT2D eigenvalue weighted by Gasteiger charge is 2.20. The number of piperazine rings is 1. The van der Waals surface area contributed by atoms with Gasteiger partial charge in [-0.15, -0.1) is 0 Å². The second-order valence-corrected chi connectivity index (χ2v) is 5.45. The Bertz CT molecular complexity index is 490. The quantitative estimate of drug-likeness (QED) is 0.895. The van der Waals surface area contributed by atoms with Crippen molar-refractivity contribution in [2.75, 3.05) is 33.4 Å². The summed E-state index contributed by atoms with van der Waals surface area (Å²) >= 11 is 0. The number of carbonyl (C=O) groups excluding carboxylic acids is 1. The van der Waals surface area contributed by atoms with E-state index in [9.17, 15) is 4.79 Å². The minimum absolute atomic E-state index is 0.148. The largest absolute Gasteiger partial charge is 0.493 e. The number of hydrogen-bond acceptors (Lipinski definition) is 4. The van der Waals surface area contributed by atoms with Gasteiger partial charge in [0.1, 0.15) is 0 Å². The van der Waals surface area contributed by atoms with E-state index in [0.29, 0.717) is 30.6 Å². The van der Waals surface area contributed by atoms with Crippen molar-refractivity contribution in [1.82, 2.24) is 10.2 Å². The van der Waals surface area contributed by atoms with Gasteiger partial charge in [-0.2, -0.15) is 0 Å². The maximum Gasteiger partial charge on any atom is 0.226 e.